The van der Waals surface area contributed by atoms with E-state index < -0.39 is 0 Å². The second kappa shape index (κ2) is 9.32. The molecule has 2 aromatic rings. The smallest absolute Gasteiger partial charge is 0.293 e. The second-order valence-electron chi connectivity index (χ2n) is 5.85. The molecule has 1 fully saturated rings. The summed E-state index contributed by atoms with van der Waals surface area (Å²) in [5.74, 6) is 0.878. The maximum absolute atomic E-state index is 12.8. The van der Waals surface area contributed by atoms with Gasteiger partial charge in [-0.1, -0.05) is 28.1 Å². The molecule has 0 saturated carbocycles. The summed E-state index contributed by atoms with van der Waals surface area (Å²) in [6.07, 6.45) is 1.70. The summed E-state index contributed by atoms with van der Waals surface area (Å²) in [7, 11) is 1.56. The fourth-order valence-electron chi connectivity index (χ4n) is 2.64. The van der Waals surface area contributed by atoms with Gasteiger partial charge in [0.15, 0.2) is 11.5 Å². The van der Waals surface area contributed by atoms with Gasteiger partial charge in [0.2, 0.25) is 0 Å². The molecule has 5 nitrogen and oxygen atoms in total. The highest BCUT2D eigenvalue weighted by Crippen LogP contribution is 2.38. The lowest BCUT2D eigenvalue weighted by atomic mass is 10.1. The molecule has 3 rings (SSSR count). The molecule has 0 N–H and O–H groups in total. The van der Waals surface area contributed by atoms with Gasteiger partial charge in [0.25, 0.3) is 11.1 Å². The van der Waals surface area contributed by atoms with E-state index in [9.17, 15) is 9.59 Å². The van der Waals surface area contributed by atoms with Crippen LogP contribution in [0.2, 0.25) is 0 Å². The maximum atomic E-state index is 12.8. The highest BCUT2D eigenvalue weighted by molar-refractivity contribution is 14.1. The molecule has 1 saturated heterocycles. The Balaban J connectivity index is 1.86. The standard InChI is InChI=1S/C20H17BrINO4S/c1-3-27-17-10-15(21)13(8-16(17)26-2)9-18-19(24)23(20(25)28-18)11-12-4-6-14(22)7-5-12/h4-10H,3,11H2,1-2H3/b18-9-. The molecule has 0 aromatic heterocycles. The third kappa shape index (κ3) is 4.72. The molecule has 2 aromatic carbocycles. The van der Waals surface area contributed by atoms with Crippen molar-refractivity contribution in [1.29, 1.82) is 0 Å². The summed E-state index contributed by atoms with van der Waals surface area (Å²) in [6, 6.07) is 11.3. The molecular weight excluding hydrogens is 557 g/mol. The average Bonchev–Trinajstić information content (AvgIpc) is 2.93. The van der Waals surface area contributed by atoms with Gasteiger partial charge in [0, 0.05) is 8.04 Å². The quantitative estimate of drug-likeness (QED) is 0.328. The lowest BCUT2D eigenvalue weighted by Gasteiger charge is -2.13. The van der Waals surface area contributed by atoms with Gasteiger partial charge < -0.3 is 9.47 Å². The van der Waals surface area contributed by atoms with Gasteiger partial charge in [-0.15, -0.1) is 0 Å². The molecule has 8 heteroatoms. The fourth-order valence-corrected chi connectivity index (χ4v) is 4.26. The van der Waals surface area contributed by atoms with Crippen LogP contribution in [0, 0.1) is 3.57 Å². The second-order valence-corrected chi connectivity index (χ2v) is 8.95. The Morgan fingerprint density at radius 2 is 1.89 bits per heavy atom. The van der Waals surface area contributed by atoms with E-state index in [1.807, 2.05) is 31.2 Å². The number of amides is 2. The van der Waals surface area contributed by atoms with Crippen LogP contribution in [-0.4, -0.2) is 29.8 Å². The number of halogens is 2. The minimum atomic E-state index is -0.298. The molecule has 2 amide bonds. The minimum Gasteiger partial charge on any atom is -0.493 e. The van der Waals surface area contributed by atoms with Crippen LogP contribution in [0.5, 0.6) is 11.5 Å². The molecule has 1 aliphatic rings. The summed E-state index contributed by atoms with van der Waals surface area (Å²) in [6.45, 7) is 2.66. The number of benzene rings is 2. The van der Waals surface area contributed by atoms with Gasteiger partial charge >= 0.3 is 0 Å². The molecule has 0 spiro atoms. The summed E-state index contributed by atoms with van der Waals surface area (Å²) in [4.78, 5) is 26.8. The number of thioether (sulfide) groups is 1. The number of imide groups is 1. The summed E-state index contributed by atoms with van der Waals surface area (Å²) < 4.78 is 12.8. The van der Waals surface area contributed by atoms with Crippen molar-refractivity contribution in [3.05, 3.63) is 60.5 Å². The number of hydrogen-bond acceptors (Lipinski definition) is 5. The predicted octanol–water partition coefficient (Wildman–Crippen LogP) is 5.70. The number of rotatable bonds is 6. The Bertz CT molecular complexity index is 946. The SMILES string of the molecule is CCOc1cc(Br)c(/C=C2\SC(=O)N(Cc3ccc(I)cc3)C2=O)cc1OC. The van der Waals surface area contributed by atoms with Crippen molar-refractivity contribution in [2.24, 2.45) is 0 Å². The molecular formula is C20H17BrINO4S. The van der Waals surface area contributed by atoms with Crippen LogP contribution in [0.25, 0.3) is 6.08 Å². The van der Waals surface area contributed by atoms with Gasteiger partial charge in [-0.3, -0.25) is 14.5 Å². The molecule has 0 aliphatic carbocycles. The molecule has 0 unspecified atom stereocenters. The van der Waals surface area contributed by atoms with Crippen molar-refractivity contribution in [2.45, 2.75) is 13.5 Å². The van der Waals surface area contributed by atoms with Crippen LogP contribution in [0.3, 0.4) is 0 Å². The van der Waals surface area contributed by atoms with Crippen LogP contribution in [0.4, 0.5) is 4.79 Å². The number of carbonyl (C=O) groups excluding carboxylic acids is 2. The van der Waals surface area contributed by atoms with Gasteiger partial charge in [-0.25, -0.2) is 0 Å². The van der Waals surface area contributed by atoms with E-state index in [-0.39, 0.29) is 17.7 Å². The van der Waals surface area contributed by atoms with E-state index >= 15 is 0 Å². The highest BCUT2D eigenvalue weighted by Gasteiger charge is 2.35. The zero-order chi connectivity index (χ0) is 20.3. The van der Waals surface area contributed by atoms with Crippen LogP contribution in [0.15, 0.2) is 45.8 Å². The minimum absolute atomic E-state index is 0.257. The average molecular weight is 574 g/mol. The molecule has 0 atom stereocenters. The zero-order valence-corrected chi connectivity index (χ0v) is 19.8. The number of hydrogen-bond donors (Lipinski definition) is 0. The van der Waals surface area contributed by atoms with Crippen molar-refractivity contribution in [3.8, 4) is 11.5 Å². The third-order valence-corrected chi connectivity index (χ3v) is 6.31. The first-order valence-corrected chi connectivity index (χ1v) is 11.1. The zero-order valence-electron chi connectivity index (χ0n) is 15.2. The molecule has 0 bridgehead atoms. The van der Waals surface area contributed by atoms with Crippen LogP contribution >= 0.6 is 50.3 Å². The number of carbonyl (C=O) groups is 2. The number of nitrogens with zero attached hydrogens (tertiary/aromatic N) is 1. The predicted molar refractivity (Wildman–Crippen MR) is 123 cm³/mol. The van der Waals surface area contributed by atoms with Crippen molar-refractivity contribution >= 4 is 67.5 Å². The first-order valence-electron chi connectivity index (χ1n) is 8.43. The Morgan fingerprint density at radius 3 is 2.54 bits per heavy atom. The topological polar surface area (TPSA) is 55.8 Å². The van der Waals surface area contributed by atoms with Gasteiger partial charge in [-0.2, -0.15) is 0 Å². The van der Waals surface area contributed by atoms with Gasteiger partial charge in [-0.05, 0) is 82.7 Å². The molecule has 1 aliphatic heterocycles. The molecule has 28 heavy (non-hydrogen) atoms. The van der Waals surface area contributed by atoms with E-state index in [1.54, 1.807) is 25.3 Å². The highest BCUT2D eigenvalue weighted by atomic mass is 127. The van der Waals surface area contributed by atoms with Crippen molar-refractivity contribution in [2.75, 3.05) is 13.7 Å². The van der Waals surface area contributed by atoms with Crippen molar-refractivity contribution in [1.82, 2.24) is 4.90 Å². The summed E-state index contributed by atoms with van der Waals surface area (Å²) in [5, 5.41) is -0.274. The van der Waals surface area contributed by atoms with E-state index in [0.717, 1.165) is 30.9 Å². The number of ether oxygens (including phenoxy) is 2. The van der Waals surface area contributed by atoms with E-state index in [1.165, 1.54) is 4.90 Å². The molecule has 0 radical (unpaired) electrons. The van der Waals surface area contributed by atoms with Crippen LogP contribution < -0.4 is 9.47 Å². The van der Waals surface area contributed by atoms with E-state index in [4.69, 9.17) is 9.47 Å². The van der Waals surface area contributed by atoms with Crippen LogP contribution in [-0.2, 0) is 11.3 Å². The van der Waals surface area contributed by atoms with E-state index in [2.05, 4.69) is 38.5 Å². The summed E-state index contributed by atoms with van der Waals surface area (Å²) >= 11 is 6.66. The molecule has 146 valence electrons. The fraction of sp³-hybridized carbons (Fsp3) is 0.200. The molecule has 1 heterocycles. The lowest BCUT2D eigenvalue weighted by molar-refractivity contribution is -0.123. The summed E-state index contributed by atoms with van der Waals surface area (Å²) in [5.41, 5.74) is 1.65. The van der Waals surface area contributed by atoms with Gasteiger partial charge in [0.05, 0.1) is 25.2 Å². The Labute approximate surface area is 189 Å². The Morgan fingerprint density at radius 1 is 1.18 bits per heavy atom. The van der Waals surface area contributed by atoms with E-state index in [0.29, 0.717) is 23.0 Å². The van der Waals surface area contributed by atoms with Crippen molar-refractivity contribution < 1.29 is 19.1 Å². The Hall–Kier alpha value is -1.52. The van der Waals surface area contributed by atoms with Gasteiger partial charge in [0.1, 0.15) is 0 Å². The number of methoxy groups -OCH3 is 1. The normalized spacial score (nSPS) is 15.4. The van der Waals surface area contributed by atoms with Crippen molar-refractivity contribution in [3.63, 3.8) is 0 Å². The maximum Gasteiger partial charge on any atom is 0.293 e. The lowest BCUT2D eigenvalue weighted by Crippen LogP contribution is -2.27. The monoisotopic (exact) mass is 573 g/mol. The third-order valence-electron chi connectivity index (χ3n) is 4.00. The first kappa shape index (κ1) is 21.2. The Kier molecular flexibility index (Phi) is 7.05. The first-order chi connectivity index (χ1) is 13.4. The van der Waals surface area contributed by atoms with Crippen LogP contribution in [0.1, 0.15) is 18.1 Å². The largest absolute Gasteiger partial charge is 0.493 e.